The van der Waals surface area contributed by atoms with Crippen molar-refractivity contribution in [3.05, 3.63) is 376 Å². The Morgan fingerprint density at radius 1 is 0.120 bits per heavy atom. The topological polar surface area (TPSA) is 13.0 Å². The van der Waals surface area contributed by atoms with Gasteiger partial charge in [-0.05, 0) is 234 Å². The minimum absolute atomic E-state index is 1.08. The Bertz CT molecular complexity index is 4810. The quantitative estimate of drug-likeness (QED) is 0.0949. The van der Waals surface area contributed by atoms with Gasteiger partial charge in [0.05, 0.1) is 0 Å². The molecule has 0 atom stereocenters. The Labute approximate surface area is 537 Å². The molecule has 0 radical (unpaired) electrons. The monoisotopic (exact) mass is 1170 g/mol. The number of rotatable bonds is 15. The van der Waals surface area contributed by atoms with Gasteiger partial charge >= 0.3 is 0 Å². The van der Waals surface area contributed by atoms with Crippen LogP contribution in [0.4, 0.5) is 68.2 Å². The highest BCUT2D eigenvalue weighted by Crippen LogP contribution is 2.43. The van der Waals surface area contributed by atoms with Crippen LogP contribution < -0.4 is 19.6 Å². The maximum atomic E-state index is 2.33. The average Bonchev–Trinajstić information content (AvgIpc) is 0.993. The van der Waals surface area contributed by atoms with E-state index in [0.717, 1.165) is 79.4 Å². The van der Waals surface area contributed by atoms with Crippen LogP contribution in [0.3, 0.4) is 0 Å². The Morgan fingerprint density at radius 3 is 0.543 bits per heavy atom. The summed E-state index contributed by atoms with van der Waals surface area (Å²) in [6.07, 6.45) is 0. The Kier molecular flexibility index (Phi) is 14.6. The molecule has 4 nitrogen and oxygen atoms in total. The molecule has 16 rings (SSSR count). The summed E-state index contributed by atoms with van der Waals surface area (Å²) in [5.41, 5.74) is 20.3. The average molecular weight is 1180 g/mol. The molecule has 0 fully saturated rings. The summed E-state index contributed by atoms with van der Waals surface area (Å²) in [6.45, 7) is 0. The van der Waals surface area contributed by atoms with Gasteiger partial charge in [-0.1, -0.05) is 218 Å². The molecule has 0 unspecified atom stereocenters. The Hall–Kier alpha value is -12.2. The zero-order chi connectivity index (χ0) is 61.2. The van der Waals surface area contributed by atoms with Crippen LogP contribution in [0.15, 0.2) is 376 Å². The lowest BCUT2D eigenvalue weighted by molar-refractivity contribution is 1.28. The molecule has 434 valence electrons. The van der Waals surface area contributed by atoms with Gasteiger partial charge in [-0.3, -0.25) is 0 Å². The van der Waals surface area contributed by atoms with Gasteiger partial charge in [0, 0.05) is 68.2 Å². The van der Waals surface area contributed by atoms with Crippen molar-refractivity contribution in [2.45, 2.75) is 0 Å². The first-order chi connectivity index (χ1) is 45.6. The predicted molar refractivity (Wildman–Crippen MR) is 392 cm³/mol. The van der Waals surface area contributed by atoms with Gasteiger partial charge in [0.15, 0.2) is 0 Å². The summed E-state index contributed by atoms with van der Waals surface area (Å²) in [6, 6.07) is 136. The normalized spacial score (nSPS) is 11.3. The molecule has 0 saturated heterocycles. The van der Waals surface area contributed by atoms with Crippen molar-refractivity contribution in [2.24, 2.45) is 0 Å². The Balaban J connectivity index is 0.633. The second-order valence-corrected chi connectivity index (χ2v) is 23.4. The van der Waals surface area contributed by atoms with E-state index in [1.54, 1.807) is 0 Å². The maximum Gasteiger partial charge on any atom is 0.0468 e. The van der Waals surface area contributed by atoms with Crippen molar-refractivity contribution >= 4 is 111 Å². The van der Waals surface area contributed by atoms with Crippen LogP contribution in [0.2, 0.25) is 0 Å². The van der Waals surface area contributed by atoms with Crippen molar-refractivity contribution in [3.63, 3.8) is 0 Å². The van der Waals surface area contributed by atoms with E-state index in [9.17, 15) is 0 Å². The first-order valence-electron chi connectivity index (χ1n) is 31.5. The van der Waals surface area contributed by atoms with Crippen LogP contribution in [0, 0.1) is 0 Å². The van der Waals surface area contributed by atoms with Crippen molar-refractivity contribution < 1.29 is 0 Å². The molecule has 0 N–H and O–H groups in total. The smallest absolute Gasteiger partial charge is 0.0468 e. The molecule has 0 spiro atoms. The molecule has 4 heteroatoms. The summed E-state index contributed by atoms with van der Waals surface area (Å²) in [4.78, 5) is 9.31. The number of nitrogens with zero attached hydrogens (tertiary/aromatic N) is 4. The first-order valence-corrected chi connectivity index (χ1v) is 31.5. The van der Waals surface area contributed by atoms with Gasteiger partial charge < -0.3 is 19.6 Å². The van der Waals surface area contributed by atoms with Crippen molar-refractivity contribution in [3.8, 4) is 33.4 Å². The van der Waals surface area contributed by atoms with E-state index in [2.05, 4.69) is 396 Å². The van der Waals surface area contributed by atoms with Crippen LogP contribution in [-0.4, -0.2) is 0 Å². The third-order valence-electron chi connectivity index (χ3n) is 17.7. The first kappa shape index (κ1) is 55.1. The largest absolute Gasteiger partial charge is 0.311 e. The fraction of sp³-hybridized carbons (Fsp3) is 0. The van der Waals surface area contributed by atoms with E-state index < -0.39 is 0 Å². The summed E-state index contributed by atoms with van der Waals surface area (Å²) in [7, 11) is 0. The van der Waals surface area contributed by atoms with Crippen molar-refractivity contribution in [2.75, 3.05) is 19.6 Å². The van der Waals surface area contributed by atoms with Gasteiger partial charge in [-0.15, -0.1) is 0 Å². The predicted octanol–water partition coefficient (Wildman–Crippen LogP) is 25.2. The fourth-order valence-corrected chi connectivity index (χ4v) is 13.2. The number of anilines is 12. The van der Waals surface area contributed by atoms with Gasteiger partial charge in [-0.25, -0.2) is 0 Å². The molecule has 92 heavy (non-hydrogen) atoms. The molecule has 0 aromatic heterocycles. The molecule has 0 saturated carbocycles. The lowest BCUT2D eigenvalue weighted by atomic mass is 9.96. The lowest BCUT2D eigenvalue weighted by Crippen LogP contribution is -2.10. The van der Waals surface area contributed by atoms with Crippen LogP contribution in [0.25, 0.3) is 76.5 Å². The van der Waals surface area contributed by atoms with Crippen LogP contribution in [0.1, 0.15) is 0 Å². The molecule has 16 aromatic rings. The highest BCUT2D eigenvalue weighted by atomic mass is 15.2. The minimum Gasteiger partial charge on any atom is -0.311 e. The zero-order valence-electron chi connectivity index (χ0n) is 50.6. The van der Waals surface area contributed by atoms with Gasteiger partial charge in [0.2, 0.25) is 0 Å². The third-order valence-corrected chi connectivity index (χ3v) is 17.7. The second-order valence-electron chi connectivity index (χ2n) is 23.4. The minimum atomic E-state index is 1.08. The molecule has 16 aromatic carbocycles. The van der Waals surface area contributed by atoms with Gasteiger partial charge in [-0.2, -0.15) is 0 Å². The SMILES string of the molecule is c1ccc(N(c2ccc(-c3ccc(N(c4ccccc4)c4ccc(-c5ccc6c(ccc7cc(N(c8ccccc8)c8ccccc8)ccc76)c5)cc4)cc3)cc2)c2ccc(-c3ccc4c(ccc5cc(N(c6ccccc6)c6ccccc6)ccc54)c3)cc2)cc1. The molecule has 0 aliphatic heterocycles. The molecule has 0 aliphatic rings. The van der Waals surface area contributed by atoms with Crippen LogP contribution in [0.5, 0.6) is 0 Å². The standard InChI is InChI=1S/C88H62N4/c1-7-19-73(20-8-1)89(81-49-39-65(40-50-81)67-43-55-85-69(59-67)31-33-71-61-83(53-57-87(71)85)91(75-23-11-3-12-24-75)76-25-13-4-14-26-76)79-45-35-63(36-46-79)64-37-47-80(48-38-64)90(74-21-9-2-10-22-74)82-51-41-66(42-52-82)68-44-56-86-70(60-68)32-34-72-62-84(54-58-88(72)86)92(77-27-15-5-16-28-77)78-29-17-6-18-30-78/h1-62H. The second kappa shape index (κ2) is 24.4. The van der Waals surface area contributed by atoms with E-state index in [4.69, 9.17) is 0 Å². The Morgan fingerprint density at radius 2 is 0.293 bits per heavy atom. The molecule has 0 amide bonds. The number of benzene rings is 16. The maximum absolute atomic E-state index is 2.33. The molecular formula is C88H62N4. The highest BCUT2D eigenvalue weighted by Gasteiger charge is 2.19. The molecule has 0 bridgehead atoms. The van der Waals surface area contributed by atoms with Gasteiger partial charge in [0.25, 0.3) is 0 Å². The fourth-order valence-electron chi connectivity index (χ4n) is 13.2. The lowest BCUT2D eigenvalue weighted by Gasteiger charge is -2.26. The van der Waals surface area contributed by atoms with E-state index >= 15 is 0 Å². The summed E-state index contributed by atoms with van der Waals surface area (Å²) >= 11 is 0. The number of fused-ring (bicyclic) bond motifs is 6. The summed E-state index contributed by atoms with van der Waals surface area (Å²) in [5, 5.41) is 9.80. The number of hydrogen-bond donors (Lipinski definition) is 0. The number of para-hydroxylation sites is 6. The van der Waals surface area contributed by atoms with Gasteiger partial charge in [0.1, 0.15) is 0 Å². The van der Waals surface area contributed by atoms with E-state index in [1.807, 2.05) is 0 Å². The van der Waals surface area contributed by atoms with E-state index in [-0.39, 0.29) is 0 Å². The molecule has 0 aliphatic carbocycles. The van der Waals surface area contributed by atoms with Crippen molar-refractivity contribution in [1.29, 1.82) is 0 Å². The van der Waals surface area contributed by atoms with E-state index in [1.165, 1.54) is 65.3 Å². The van der Waals surface area contributed by atoms with Crippen LogP contribution >= 0.6 is 0 Å². The van der Waals surface area contributed by atoms with Crippen LogP contribution in [-0.2, 0) is 0 Å². The van der Waals surface area contributed by atoms with Crippen molar-refractivity contribution in [1.82, 2.24) is 0 Å². The molecule has 0 heterocycles. The number of hydrogen-bond acceptors (Lipinski definition) is 4. The summed E-state index contributed by atoms with van der Waals surface area (Å²) < 4.78 is 0. The third kappa shape index (κ3) is 10.8. The zero-order valence-corrected chi connectivity index (χ0v) is 50.6. The summed E-state index contributed by atoms with van der Waals surface area (Å²) in [5.74, 6) is 0. The van der Waals surface area contributed by atoms with E-state index in [0.29, 0.717) is 0 Å². The highest BCUT2D eigenvalue weighted by molar-refractivity contribution is 6.11. The molecular weight excluding hydrogens is 1110 g/mol.